The Hall–Kier alpha value is -2.87. The van der Waals surface area contributed by atoms with E-state index in [0.29, 0.717) is 44.1 Å². The normalized spacial score (nSPS) is 19.7. The van der Waals surface area contributed by atoms with Gasteiger partial charge in [-0.1, -0.05) is 12.1 Å². The molecular weight excluding hydrogens is 360 g/mol. The predicted octanol–water partition coefficient (Wildman–Crippen LogP) is 1.34. The third kappa shape index (κ3) is 3.60. The van der Waals surface area contributed by atoms with E-state index in [1.807, 2.05) is 24.3 Å². The van der Waals surface area contributed by atoms with Crippen LogP contribution in [-0.2, 0) is 9.53 Å². The third-order valence-electron chi connectivity index (χ3n) is 5.25. The summed E-state index contributed by atoms with van der Waals surface area (Å²) < 4.78 is 12.5. The standard InChI is InChI=1S/C20H24N4O4/c1-27-17-6-3-2-5-16(17)24-14-15(13-21-24)19(25)22-8-10-23(11-9-22)20(26)18-7-4-12-28-18/h2-3,5-6,13-14,18H,4,7-12H2,1H3. The number of methoxy groups -OCH3 is 1. The predicted molar refractivity (Wildman–Crippen MR) is 102 cm³/mol. The number of hydrogen-bond acceptors (Lipinski definition) is 5. The lowest BCUT2D eigenvalue weighted by Gasteiger charge is -2.35. The van der Waals surface area contributed by atoms with E-state index in [2.05, 4.69) is 5.10 Å². The van der Waals surface area contributed by atoms with Crippen molar-refractivity contribution in [3.63, 3.8) is 0 Å². The summed E-state index contributed by atoms with van der Waals surface area (Å²) in [5.41, 5.74) is 1.29. The van der Waals surface area contributed by atoms with E-state index in [0.717, 1.165) is 18.5 Å². The molecule has 2 aliphatic rings. The Morgan fingerprint density at radius 2 is 1.89 bits per heavy atom. The molecule has 2 saturated heterocycles. The van der Waals surface area contributed by atoms with E-state index in [4.69, 9.17) is 9.47 Å². The van der Waals surface area contributed by atoms with Gasteiger partial charge in [0.2, 0.25) is 0 Å². The van der Waals surface area contributed by atoms with Crippen LogP contribution in [0.1, 0.15) is 23.2 Å². The van der Waals surface area contributed by atoms with Crippen molar-refractivity contribution < 1.29 is 19.1 Å². The number of piperazine rings is 1. The largest absolute Gasteiger partial charge is 0.494 e. The fourth-order valence-corrected chi connectivity index (χ4v) is 3.67. The van der Waals surface area contributed by atoms with Crippen LogP contribution in [0.5, 0.6) is 5.75 Å². The molecule has 1 aromatic heterocycles. The fourth-order valence-electron chi connectivity index (χ4n) is 3.67. The lowest BCUT2D eigenvalue weighted by Crippen LogP contribution is -2.52. The summed E-state index contributed by atoms with van der Waals surface area (Å²) in [6.45, 7) is 2.75. The second kappa shape index (κ2) is 8.02. The number of rotatable bonds is 4. The van der Waals surface area contributed by atoms with E-state index >= 15 is 0 Å². The van der Waals surface area contributed by atoms with E-state index < -0.39 is 0 Å². The average molecular weight is 384 g/mol. The van der Waals surface area contributed by atoms with Gasteiger partial charge in [-0.3, -0.25) is 9.59 Å². The first-order valence-corrected chi connectivity index (χ1v) is 9.55. The Morgan fingerprint density at radius 3 is 2.61 bits per heavy atom. The SMILES string of the molecule is COc1ccccc1-n1cc(C(=O)N2CCN(C(=O)C3CCCO3)CC2)cn1. The first kappa shape index (κ1) is 18.5. The highest BCUT2D eigenvalue weighted by atomic mass is 16.5. The van der Waals surface area contributed by atoms with Crippen LogP contribution in [0.3, 0.4) is 0 Å². The van der Waals surface area contributed by atoms with Crippen LogP contribution in [0.25, 0.3) is 5.69 Å². The molecule has 148 valence electrons. The molecule has 0 saturated carbocycles. The molecule has 0 N–H and O–H groups in total. The monoisotopic (exact) mass is 384 g/mol. The molecule has 28 heavy (non-hydrogen) atoms. The van der Waals surface area contributed by atoms with Crippen LogP contribution in [0.4, 0.5) is 0 Å². The smallest absolute Gasteiger partial charge is 0.257 e. The first-order chi connectivity index (χ1) is 13.7. The Bertz CT molecular complexity index is 851. The zero-order chi connectivity index (χ0) is 19.5. The number of hydrogen-bond donors (Lipinski definition) is 0. The third-order valence-corrected chi connectivity index (χ3v) is 5.25. The second-order valence-corrected chi connectivity index (χ2v) is 6.96. The quantitative estimate of drug-likeness (QED) is 0.795. The van der Waals surface area contributed by atoms with Crippen LogP contribution in [0, 0.1) is 0 Å². The van der Waals surface area contributed by atoms with Crippen molar-refractivity contribution in [1.82, 2.24) is 19.6 Å². The van der Waals surface area contributed by atoms with Gasteiger partial charge >= 0.3 is 0 Å². The summed E-state index contributed by atoms with van der Waals surface area (Å²) >= 11 is 0. The number of para-hydroxylation sites is 2. The zero-order valence-electron chi connectivity index (χ0n) is 15.9. The van der Waals surface area contributed by atoms with E-state index in [1.54, 1.807) is 34.0 Å². The van der Waals surface area contributed by atoms with Gasteiger partial charge in [-0.05, 0) is 25.0 Å². The van der Waals surface area contributed by atoms with Crippen molar-refractivity contribution in [1.29, 1.82) is 0 Å². The van der Waals surface area contributed by atoms with Gasteiger partial charge in [0.25, 0.3) is 11.8 Å². The Balaban J connectivity index is 1.39. The number of carbonyl (C=O) groups is 2. The highest BCUT2D eigenvalue weighted by Gasteiger charge is 2.31. The fraction of sp³-hybridized carbons (Fsp3) is 0.450. The van der Waals surface area contributed by atoms with Gasteiger partial charge in [0, 0.05) is 39.0 Å². The topological polar surface area (TPSA) is 76.9 Å². The lowest BCUT2D eigenvalue weighted by molar-refractivity contribution is -0.142. The van der Waals surface area contributed by atoms with Gasteiger partial charge in [-0.2, -0.15) is 5.10 Å². The zero-order valence-corrected chi connectivity index (χ0v) is 15.9. The summed E-state index contributed by atoms with van der Waals surface area (Å²) in [4.78, 5) is 28.9. The molecule has 3 heterocycles. The second-order valence-electron chi connectivity index (χ2n) is 6.96. The van der Waals surface area contributed by atoms with Gasteiger partial charge in [0.1, 0.15) is 17.5 Å². The number of amides is 2. The van der Waals surface area contributed by atoms with Gasteiger partial charge in [0.15, 0.2) is 0 Å². The molecule has 0 aliphatic carbocycles. The van der Waals surface area contributed by atoms with Crippen molar-refractivity contribution in [2.75, 3.05) is 39.9 Å². The summed E-state index contributed by atoms with van der Waals surface area (Å²) in [5, 5.41) is 4.31. The number of benzene rings is 1. The van der Waals surface area contributed by atoms with Crippen molar-refractivity contribution in [2.24, 2.45) is 0 Å². The van der Waals surface area contributed by atoms with Crippen molar-refractivity contribution in [3.8, 4) is 11.4 Å². The molecule has 0 bridgehead atoms. The summed E-state index contributed by atoms with van der Waals surface area (Å²) in [5.74, 6) is 0.657. The molecule has 0 radical (unpaired) electrons. The Kier molecular flexibility index (Phi) is 5.29. The maximum absolute atomic E-state index is 12.8. The molecule has 1 unspecified atom stereocenters. The average Bonchev–Trinajstić information content (AvgIpc) is 3.45. The molecule has 2 aromatic rings. The Morgan fingerprint density at radius 1 is 1.14 bits per heavy atom. The number of carbonyl (C=O) groups excluding carboxylic acids is 2. The van der Waals surface area contributed by atoms with Gasteiger partial charge in [-0.25, -0.2) is 4.68 Å². The minimum atomic E-state index is -0.304. The molecule has 2 aliphatic heterocycles. The molecular formula is C20H24N4O4. The molecule has 1 aromatic carbocycles. The van der Waals surface area contributed by atoms with Crippen molar-refractivity contribution in [3.05, 3.63) is 42.2 Å². The van der Waals surface area contributed by atoms with E-state index in [9.17, 15) is 9.59 Å². The summed E-state index contributed by atoms with van der Waals surface area (Å²) in [6, 6.07) is 7.51. The molecule has 8 heteroatoms. The highest BCUT2D eigenvalue weighted by molar-refractivity contribution is 5.94. The molecule has 8 nitrogen and oxygen atoms in total. The molecule has 2 fully saturated rings. The number of aromatic nitrogens is 2. The highest BCUT2D eigenvalue weighted by Crippen LogP contribution is 2.22. The van der Waals surface area contributed by atoms with Crippen molar-refractivity contribution in [2.45, 2.75) is 18.9 Å². The van der Waals surface area contributed by atoms with E-state index in [1.165, 1.54) is 0 Å². The van der Waals surface area contributed by atoms with Gasteiger partial charge in [0.05, 0.1) is 18.9 Å². The lowest BCUT2D eigenvalue weighted by atomic mass is 10.2. The van der Waals surface area contributed by atoms with Crippen molar-refractivity contribution >= 4 is 11.8 Å². The maximum atomic E-state index is 12.8. The summed E-state index contributed by atoms with van der Waals surface area (Å²) in [6.07, 6.45) is 4.70. The number of ether oxygens (including phenoxy) is 2. The van der Waals surface area contributed by atoms with Crippen LogP contribution >= 0.6 is 0 Å². The minimum absolute atomic E-state index is 0.0496. The molecule has 2 amide bonds. The van der Waals surface area contributed by atoms with Crippen LogP contribution in [0.2, 0.25) is 0 Å². The Labute approximate surface area is 163 Å². The molecule has 0 spiro atoms. The molecule has 4 rings (SSSR count). The van der Waals surface area contributed by atoms with Crippen LogP contribution < -0.4 is 4.74 Å². The summed E-state index contributed by atoms with van der Waals surface area (Å²) in [7, 11) is 1.60. The number of nitrogens with zero attached hydrogens (tertiary/aromatic N) is 4. The minimum Gasteiger partial charge on any atom is -0.494 e. The van der Waals surface area contributed by atoms with Crippen LogP contribution in [-0.4, -0.2) is 77.4 Å². The van der Waals surface area contributed by atoms with Gasteiger partial charge in [-0.15, -0.1) is 0 Å². The van der Waals surface area contributed by atoms with Crippen LogP contribution in [0.15, 0.2) is 36.7 Å². The van der Waals surface area contributed by atoms with Gasteiger partial charge < -0.3 is 19.3 Å². The van der Waals surface area contributed by atoms with E-state index in [-0.39, 0.29) is 17.9 Å². The maximum Gasteiger partial charge on any atom is 0.257 e. The first-order valence-electron chi connectivity index (χ1n) is 9.55. The molecule has 1 atom stereocenters.